The van der Waals surface area contributed by atoms with Crippen molar-refractivity contribution in [2.24, 2.45) is 0 Å². The first kappa shape index (κ1) is 15.3. The van der Waals surface area contributed by atoms with Gasteiger partial charge in [0.25, 0.3) is 0 Å². The van der Waals surface area contributed by atoms with E-state index >= 15 is 0 Å². The van der Waals surface area contributed by atoms with Crippen molar-refractivity contribution in [3.05, 3.63) is 94.5 Å². The van der Waals surface area contributed by atoms with Crippen LogP contribution in [-0.4, -0.2) is 6.61 Å². The van der Waals surface area contributed by atoms with Gasteiger partial charge in [-0.15, -0.1) is 0 Å². The molecule has 2 heterocycles. The van der Waals surface area contributed by atoms with Gasteiger partial charge in [-0.25, -0.2) is 0 Å². The number of benzene rings is 3. The summed E-state index contributed by atoms with van der Waals surface area (Å²) in [5.41, 5.74) is 8.32. The number of hydrogen-bond donors (Lipinski definition) is 0. The molecular formula is C24H20O2. The highest BCUT2D eigenvalue weighted by Gasteiger charge is 2.34. The third kappa shape index (κ3) is 2.33. The van der Waals surface area contributed by atoms with Crippen molar-refractivity contribution in [2.45, 2.75) is 20.0 Å². The number of aryl methyl sites for hydroxylation is 2. The van der Waals surface area contributed by atoms with E-state index in [-0.39, 0.29) is 6.10 Å². The molecule has 0 aromatic heterocycles. The summed E-state index contributed by atoms with van der Waals surface area (Å²) in [6.07, 6.45) is -0.120. The van der Waals surface area contributed by atoms with Gasteiger partial charge in [-0.05, 0) is 42.7 Å². The van der Waals surface area contributed by atoms with Crippen molar-refractivity contribution in [2.75, 3.05) is 6.61 Å². The molecule has 1 atom stereocenters. The summed E-state index contributed by atoms with van der Waals surface area (Å²) in [5, 5.41) is 0. The van der Waals surface area contributed by atoms with Gasteiger partial charge in [0, 0.05) is 22.3 Å². The SMILES string of the molecule is Cc1ccc2c(c1)OC(c1ccccc1)C1=C2COc2cc(C)ccc21. The highest BCUT2D eigenvalue weighted by Crippen LogP contribution is 2.50. The lowest BCUT2D eigenvalue weighted by Gasteiger charge is -2.35. The topological polar surface area (TPSA) is 18.5 Å². The minimum atomic E-state index is -0.120. The second-order valence-electron chi connectivity index (χ2n) is 7.09. The Hall–Kier alpha value is -3.00. The van der Waals surface area contributed by atoms with E-state index < -0.39 is 0 Å². The molecule has 2 heteroatoms. The van der Waals surface area contributed by atoms with Crippen LogP contribution < -0.4 is 9.47 Å². The van der Waals surface area contributed by atoms with Crippen LogP contribution in [0.5, 0.6) is 11.5 Å². The highest BCUT2D eigenvalue weighted by atomic mass is 16.5. The van der Waals surface area contributed by atoms with Crippen LogP contribution in [0.4, 0.5) is 0 Å². The monoisotopic (exact) mass is 340 g/mol. The van der Waals surface area contributed by atoms with E-state index in [1.807, 2.05) is 6.07 Å². The summed E-state index contributed by atoms with van der Waals surface area (Å²) in [4.78, 5) is 0. The van der Waals surface area contributed by atoms with Crippen molar-refractivity contribution in [1.82, 2.24) is 0 Å². The average molecular weight is 340 g/mol. The molecular weight excluding hydrogens is 320 g/mol. The molecule has 3 aromatic carbocycles. The summed E-state index contributed by atoms with van der Waals surface area (Å²) in [5.74, 6) is 1.89. The molecule has 2 nitrogen and oxygen atoms in total. The summed E-state index contributed by atoms with van der Waals surface area (Å²) in [6.45, 7) is 4.77. The van der Waals surface area contributed by atoms with Crippen molar-refractivity contribution < 1.29 is 9.47 Å². The molecule has 1 unspecified atom stereocenters. The Balaban J connectivity index is 1.78. The molecule has 0 fully saturated rings. The zero-order valence-electron chi connectivity index (χ0n) is 15.0. The minimum Gasteiger partial charge on any atom is -0.488 e. The van der Waals surface area contributed by atoms with Gasteiger partial charge >= 0.3 is 0 Å². The highest BCUT2D eigenvalue weighted by molar-refractivity contribution is 5.99. The predicted molar refractivity (Wildman–Crippen MR) is 104 cm³/mol. The third-order valence-corrected chi connectivity index (χ3v) is 5.20. The van der Waals surface area contributed by atoms with Gasteiger partial charge < -0.3 is 9.47 Å². The maximum Gasteiger partial charge on any atom is 0.150 e. The number of rotatable bonds is 1. The van der Waals surface area contributed by atoms with Gasteiger partial charge in [-0.2, -0.15) is 0 Å². The molecule has 0 saturated heterocycles. The summed E-state index contributed by atoms with van der Waals surface area (Å²) < 4.78 is 12.7. The van der Waals surface area contributed by atoms with E-state index in [4.69, 9.17) is 9.47 Å². The second kappa shape index (κ2) is 5.77. The van der Waals surface area contributed by atoms with Gasteiger partial charge in [0.15, 0.2) is 0 Å². The average Bonchev–Trinajstić information content (AvgIpc) is 2.67. The molecule has 0 aliphatic carbocycles. The second-order valence-corrected chi connectivity index (χ2v) is 7.09. The van der Waals surface area contributed by atoms with Gasteiger partial charge in [0.2, 0.25) is 0 Å². The quantitative estimate of drug-likeness (QED) is 0.562. The summed E-state index contributed by atoms with van der Waals surface area (Å²) in [6, 6.07) is 23.3. The van der Waals surface area contributed by atoms with Crippen LogP contribution >= 0.6 is 0 Å². The van der Waals surface area contributed by atoms with E-state index in [9.17, 15) is 0 Å². The Bertz CT molecular complexity index is 1030. The fourth-order valence-corrected chi connectivity index (χ4v) is 3.91. The van der Waals surface area contributed by atoms with Gasteiger partial charge in [0.05, 0.1) is 0 Å². The molecule has 0 saturated carbocycles. The number of ether oxygens (including phenoxy) is 2. The number of fused-ring (bicyclic) bond motifs is 4. The Morgan fingerprint density at radius 1 is 0.769 bits per heavy atom. The van der Waals surface area contributed by atoms with Crippen molar-refractivity contribution >= 4 is 11.1 Å². The van der Waals surface area contributed by atoms with Crippen LogP contribution in [0.15, 0.2) is 66.7 Å². The molecule has 128 valence electrons. The van der Waals surface area contributed by atoms with Crippen LogP contribution in [-0.2, 0) is 0 Å². The smallest absolute Gasteiger partial charge is 0.150 e. The van der Waals surface area contributed by atoms with Crippen LogP contribution in [0, 0.1) is 13.8 Å². The first-order valence-corrected chi connectivity index (χ1v) is 9.00. The Kier molecular flexibility index (Phi) is 3.39. The van der Waals surface area contributed by atoms with Gasteiger partial charge in [-0.1, -0.05) is 54.6 Å². The maximum absolute atomic E-state index is 6.54. The lowest BCUT2D eigenvalue weighted by atomic mass is 9.83. The Morgan fingerprint density at radius 2 is 1.46 bits per heavy atom. The normalized spacial score (nSPS) is 17.5. The van der Waals surface area contributed by atoms with Crippen molar-refractivity contribution in [3.8, 4) is 11.5 Å². The molecule has 3 aromatic rings. The fraction of sp³-hybridized carbons (Fsp3) is 0.167. The molecule has 0 spiro atoms. The maximum atomic E-state index is 6.54. The van der Waals surface area contributed by atoms with E-state index in [1.54, 1.807) is 0 Å². The van der Waals surface area contributed by atoms with Crippen LogP contribution in [0.2, 0.25) is 0 Å². The zero-order chi connectivity index (χ0) is 17.7. The van der Waals surface area contributed by atoms with Gasteiger partial charge in [-0.3, -0.25) is 0 Å². The fourth-order valence-electron chi connectivity index (χ4n) is 3.91. The molecule has 0 amide bonds. The van der Waals surface area contributed by atoms with Crippen LogP contribution in [0.25, 0.3) is 11.1 Å². The third-order valence-electron chi connectivity index (χ3n) is 5.20. The lowest BCUT2D eigenvalue weighted by molar-refractivity contribution is 0.253. The van der Waals surface area contributed by atoms with Crippen molar-refractivity contribution in [3.63, 3.8) is 0 Å². The molecule has 5 rings (SSSR count). The predicted octanol–water partition coefficient (Wildman–Crippen LogP) is 5.74. The van der Waals surface area contributed by atoms with E-state index in [1.165, 1.54) is 27.8 Å². The lowest BCUT2D eigenvalue weighted by Crippen LogP contribution is -2.22. The molecule has 2 aliphatic heterocycles. The zero-order valence-corrected chi connectivity index (χ0v) is 15.0. The first-order valence-electron chi connectivity index (χ1n) is 9.00. The Labute approximate surface area is 153 Å². The van der Waals surface area contributed by atoms with E-state index in [2.05, 4.69) is 74.5 Å². The Morgan fingerprint density at radius 3 is 2.23 bits per heavy atom. The molecule has 0 bridgehead atoms. The molecule has 2 aliphatic rings. The van der Waals surface area contributed by atoms with Crippen molar-refractivity contribution in [1.29, 1.82) is 0 Å². The molecule has 0 radical (unpaired) electrons. The molecule has 0 N–H and O–H groups in total. The number of hydrogen-bond acceptors (Lipinski definition) is 2. The first-order chi connectivity index (χ1) is 12.7. The minimum absolute atomic E-state index is 0.120. The van der Waals surface area contributed by atoms with Gasteiger partial charge in [0.1, 0.15) is 24.2 Å². The van der Waals surface area contributed by atoms with E-state index in [0.717, 1.165) is 22.6 Å². The summed E-state index contributed by atoms with van der Waals surface area (Å²) in [7, 11) is 0. The van der Waals surface area contributed by atoms with Crippen LogP contribution in [0.3, 0.4) is 0 Å². The van der Waals surface area contributed by atoms with Crippen LogP contribution in [0.1, 0.15) is 33.9 Å². The standard InChI is InChI=1S/C24H20O2/c1-15-9-11-19-21(12-15)25-14-20-18-10-8-16(2)13-22(18)26-24(23(19)20)17-6-4-3-5-7-17/h3-13,24H,14H2,1-2H3. The van der Waals surface area contributed by atoms with E-state index in [0.29, 0.717) is 6.61 Å². The largest absolute Gasteiger partial charge is 0.488 e. The molecule has 26 heavy (non-hydrogen) atoms. The summed E-state index contributed by atoms with van der Waals surface area (Å²) >= 11 is 0.